The maximum Gasteiger partial charge on any atom is 0.103 e. The van der Waals surface area contributed by atoms with E-state index >= 15 is 0 Å². The van der Waals surface area contributed by atoms with E-state index < -0.39 is 0 Å². The molecule has 1 aliphatic rings. The predicted octanol–water partition coefficient (Wildman–Crippen LogP) is 1.74. The number of ether oxygens (including phenoxy) is 1. The lowest BCUT2D eigenvalue weighted by Gasteiger charge is -2.25. The van der Waals surface area contributed by atoms with Crippen LogP contribution in [0.25, 0.3) is 0 Å². The molecule has 0 N–H and O–H groups in total. The summed E-state index contributed by atoms with van der Waals surface area (Å²) in [5, 5.41) is 0. The van der Waals surface area contributed by atoms with Crippen LogP contribution in [-0.4, -0.2) is 30.1 Å². The zero-order chi connectivity index (χ0) is 8.10. The van der Waals surface area contributed by atoms with Crippen LogP contribution in [0.4, 0.5) is 0 Å². The fourth-order valence-corrected chi connectivity index (χ4v) is 1.42. The van der Waals surface area contributed by atoms with Gasteiger partial charge < -0.3 is 9.64 Å². The molecular formula is C8H12BrNO. The van der Waals surface area contributed by atoms with Crippen molar-refractivity contribution >= 4 is 15.9 Å². The second-order valence-corrected chi connectivity index (χ2v) is 3.27. The average Bonchev–Trinajstić information content (AvgIpc) is 2.03. The van der Waals surface area contributed by atoms with Gasteiger partial charge in [0.05, 0.1) is 6.61 Å². The first-order chi connectivity index (χ1) is 5.34. The molecule has 1 aliphatic heterocycles. The molecule has 1 rings (SSSR count). The molecule has 1 unspecified atom stereocenters. The molecule has 0 amide bonds. The second-order valence-electron chi connectivity index (χ2n) is 2.33. The number of alkyl halides is 1. The van der Waals surface area contributed by atoms with Crippen molar-refractivity contribution in [1.82, 2.24) is 4.90 Å². The molecule has 0 aromatic carbocycles. The van der Waals surface area contributed by atoms with Crippen LogP contribution >= 0.6 is 15.9 Å². The summed E-state index contributed by atoms with van der Waals surface area (Å²) >= 11 is 3.52. The van der Waals surface area contributed by atoms with Crippen LogP contribution in [0, 0.1) is 0 Å². The Kier molecular flexibility index (Phi) is 3.66. The number of halogens is 1. The summed E-state index contributed by atoms with van der Waals surface area (Å²) in [4.78, 5) is 2.49. The first kappa shape index (κ1) is 8.81. The Morgan fingerprint density at radius 2 is 2.36 bits per heavy atom. The third-order valence-electron chi connectivity index (χ3n) is 1.53. The maximum atomic E-state index is 4.97. The van der Waals surface area contributed by atoms with Gasteiger partial charge in [-0.05, 0) is 6.08 Å². The van der Waals surface area contributed by atoms with Gasteiger partial charge in [0.25, 0.3) is 0 Å². The zero-order valence-electron chi connectivity index (χ0n) is 6.53. The lowest BCUT2D eigenvalue weighted by molar-refractivity contribution is 0.170. The smallest absolute Gasteiger partial charge is 0.103 e. The summed E-state index contributed by atoms with van der Waals surface area (Å²) in [5.74, 6) is 0. The molecule has 1 heterocycles. The molecule has 0 radical (unpaired) electrons. The molecule has 0 spiro atoms. The van der Waals surface area contributed by atoms with Crippen molar-refractivity contribution in [3.63, 3.8) is 0 Å². The summed E-state index contributed by atoms with van der Waals surface area (Å²) in [7, 11) is 1.72. The van der Waals surface area contributed by atoms with Crippen LogP contribution in [-0.2, 0) is 4.74 Å². The van der Waals surface area contributed by atoms with Gasteiger partial charge in [-0.15, -0.1) is 0 Å². The zero-order valence-corrected chi connectivity index (χ0v) is 8.12. The van der Waals surface area contributed by atoms with Gasteiger partial charge in [-0.3, -0.25) is 0 Å². The molecular weight excluding hydrogens is 206 g/mol. The molecule has 62 valence electrons. The van der Waals surface area contributed by atoms with Crippen molar-refractivity contribution in [2.45, 2.75) is 4.95 Å². The summed E-state index contributed by atoms with van der Waals surface area (Å²) < 4.78 is 4.97. The van der Waals surface area contributed by atoms with Gasteiger partial charge in [0, 0.05) is 19.9 Å². The van der Waals surface area contributed by atoms with Gasteiger partial charge in [0.15, 0.2) is 0 Å². The highest BCUT2D eigenvalue weighted by Crippen LogP contribution is 2.13. The fourth-order valence-electron chi connectivity index (χ4n) is 0.903. The van der Waals surface area contributed by atoms with Crippen LogP contribution in [0.3, 0.4) is 0 Å². The van der Waals surface area contributed by atoms with E-state index in [1.807, 2.05) is 12.2 Å². The van der Waals surface area contributed by atoms with Gasteiger partial charge >= 0.3 is 0 Å². The number of allylic oxidation sites excluding steroid dienone is 2. The van der Waals surface area contributed by atoms with E-state index in [0.717, 1.165) is 13.2 Å². The van der Waals surface area contributed by atoms with E-state index in [1.54, 1.807) is 7.11 Å². The van der Waals surface area contributed by atoms with Crippen LogP contribution in [0.15, 0.2) is 24.4 Å². The number of hydrogen-bond acceptors (Lipinski definition) is 2. The van der Waals surface area contributed by atoms with Crippen LogP contribution in [0.5, 0.6) is 0 Å². The highest BCUT2D eigenvalue weighted by atomic mass is 79.9. The Morgan fingerprint density at radius 3 is 3.00 bits per heavy atom. The van der Waals surface area contributed by atoms with E-state index in [1.165, 1.54) is 0 Å². The summed E-state index contributed by atoms with van der Waals surface area (Å²) in [6, 6.07) is 0. The Morgan fingerprint density at radius 1 is 1.55 bits per heavy atom. The van der Waals surface area contributed by atoms with E-state index in [4.69, 9.17) is 4.74 Å². The second kappa shape index (κ2) is 4.57. The Hall–Kier alpha value is -0.280. The topological polar surface area (TPSA) is 12.5 Å². The molecule has 11 heavy (non-hydrogen) atoms. The quantitative estimate of drug-likeness (QED) is 0.528. The van der Waals surface area contributed by atoms with E-state index in [2.05, 4.69) is 33.1 Å². The number of nitrogens with zero attached hydrogens (tertiary/aromatic N) is 1. The van der Waals surface area contributed by atoms with Gasteiger partial charge in [-0.2, -0.15) is 0 Å². The molecule has 0 bridgehead atoms. The third-order valence-corrected chi connectivity index (χ3v) is 2.36. The van der Waals surface area contributed by atoms with Crippen molar-refractivity contribution in [3.05, 3.63) is 24.4 Å². The summed E-state index contributed by atoms with van der Waals surface area (Å²) in [5.41, 5.74) is 0. The minimum absolute atomic E-state index is 0.322. The van der Waals surface area contributed by atoms with E-state index in [9.17, 15) is 0 Å². The monoisotopic (exact) mass is 217 g/mol. The van der Waals surface area contributed by atoms with Gasteiger partial charge in [0.1, 0.15) is 4.95 Å². The highest BCUT2D eigenvalue weighted by Gasteiger charge is 2.08. The first-order valence-corrected chi connectivity index (χ1v) is 4.50. The van der Waals surface area contributed by atoms with Crippen molar-refractivity contribution < 1.29 is 4.74 Å². The lowest BCUT2D eigenvalue weighted by atomic mass is 10.3. The molecule has 0 saturated carbocycles. The Balaban J connectivity index is 2.33. The molecule has 0 aromatic rings. The molecule has 0 aromatic heterocycles. The predicted molar refractivity (Wildman–Crippen MR) is 49.6 cm³/mol. The standard InChI is InChI=1S/C8H12BrNO/c1-11-7-6-10-5-3-2-4-8(10)9/h2-5,8H,6-7H2,1H3. The van der Waals surface area contributed by atoms with Gasteiger partial charge in [-0.1, -0.05) is 28.1 Å². The van der Waals surface area contributed by atoms with Crippen molar-refractivity contribution in [2.24, 2.45) is 0 Å². The normalized spacial score (nSPS) is 22.7. The molecule has 0 fully saturated rings. The van der Waals surface area contributed by atoms with Gasteiger partial charge in [0.2, 0.25) is 0 Å². The minimum Gasteiger partial charge on any atom is -0.383 e. The maximum absolute atomic E-state index is 4.97. The molecule has 3 heteroatoms. The fraction of sp³-hybridized carbons (Fsp3) is 0.500. The molecule has 1 atom stereocenters. The number of methoxy groups -OCH3 is 1. The number of rotatable bonds is 3. The Bertz CT molecular complexity index is 167. The van der Waals surface area contributed by atoms with Crippen LogP contribution < -0.4 is 0 Å². The van der Waals surface area contributed by atoms with E-state index in [-0.39, 0.29) is 0 Å². The van der Waals surface area contributed by atoms with Gasteiger partial charge in [-0.25, -0.2) is 0 Å². The lowest BCUT2D eigenvalue weighted by Crippen LogP contribution is -2.28. The van der Waals surface area contributed by atoms with Crippen LogP contribution in [0.2, 0.25) is 0 Å². The number of hydrogen-bond donors (Lipinski definition) is 0. The SMILES string of the molecule is COCCN1C=CC=CC1Br. The first-order valence-electron chi connectivity index (χ1n) is 3.58. The molecule has 0 saturated heterocycles. The van der Waals surface area contributed by atoms with Crippen LogP contribution in [0.1, 0.15) is 0 Å². The van der Waals surface area contributed by atoms with Crippen molar-refractivity contribution in [1.29, 1.82) is 0 Å². The largest absolute Gasteiger partial charge is 0.383 e. The average molecular weight is 218 g/mol. The third kappa shape index (κ3) is 2.67. The minimum atomic E-state index is 0.322. The van der Waals surface area contributed by atoms with Crippen molar-refractivity contribution in [2.75, 3.05) is 20.3 Å². The van der Waals surface area contributed by atoms with Crippen molar-refractivity contribution in [3.8, 4) is 0 Å². The Labute approximate surface area is 75.6 Å². The summed E-state index contributed by atoms with van der Waals surface area (Å²) in [6.07, 6.45) is 8.20. The van der Waals surface area contributed by atoms with E-state index in [0.29, 0.717) is 4.95 Å². The summed E-state index contributed by atoms with van der Waals surface area (Å²) in [6.45, 7) is 1.69. The molecule has 2 nitrogen and oxygen atoms in total. The molecule has 0 aliphatic carbocycles. The highest BCUT2D eigenvalue weighted by molar-refractivity contribution is 9.09.